The van der Waals surface area contributed by atoms with E-state index in [9.17, 15) is 24.4 Å². The number of aromatic amines is 1. The highest BCUT2D eigenvalue weighted by molar-refractivity contribution is 7.63. The number of methoxy groups -OCH3 is 2. The second kappa shape index (κ2) is 9.86. The molecule has 0 aromatic carbocycles. The van der Waals surface area contributed by atoms with Crippen molar-refractivity contribution < 1.29 is 33.7 Å². The van der Waals surface area contributed by atoms with E-state index in [-0.39, 0.29) is 19.6 Å². The second-order valence-electron chi connectivity index (χ2n) is 7.77. The van der Waals surface area contributed by atoms with Crippen LogP contribution < -0.4 is 11.2 Å². The van der Waals surface area contributed by atoms with Crippen molar-refractivity contribution in [1.29, 1.82) is 0 Å². The molecule has 1 fully saturated rings. The summed E-state index contributed by atoms with van der Waals surface area (Å²) in [5.41, 5.74) is -0.913. The minimum Gasteiger partial charge on any atom is -0.393 e. The normalized spacial score (nSPS) is 26.6. The van der Waals surface area contributed by atoms with Crippen molar-refractivity contribution in [2.45, 2.75) is 43.2 Å². The van der Waals surface area contributed by atoms with Gasteiger partial charge in [-0.25, -0.2) is 4.79 Å². The third kappa shape index (κ3) is 5.11. The molecule has 5 atom stereocenters. The number of aliphatic hydroxyl groups excluding tert-OH is 1. The van der Waals surface area contributed by atoms with Gasteiger partial charge in [0.25, 0.3) is 5.56 Å². The Morgan fingerprint density at radius 2 is 1.93 bits per heavy atom. The van der Waals surface area contributed by atoms with E-state index in [1.807, 2.05) is 0 Å². The number of rotatable bonds is 10. The zero-order valence-corrected chi connectivity index (χ0v) is 18.8. The summed E-state index contributed by atoms with van der Waals surface area (Å²) < 4.78 is 36.2. The summed E-state index contributed by atoms with van der Waals surface area (Å²) >= 11 is 0. The van der Waals surface area contributed by atoms with Crippen LogP contribution >= 0.6 is 7.14 Å². The number of aliphatic hydroxyl groups is 2. The number of nitrogens with one attached hydrogen (secondary N) is 1. The highest BCUT2D eigenvalue weighted by Gasteiger charge is 2.52. The fraction of sp³-hybridized carbons (Fsp3) is 0.778. The molecule has 0 saturated carbocycles. The van der Waals surface area contributed by atoms with Crippen molar-refractivity contribution in [2.24, 2.45) is 0 Å². The number of hydrogen-bond donors (Lipinski definition) is 3. The summed E-state index contributed by atoms with van der Waals surface area (Å²) in [5, 5.41) is 18.6. The minimum absolute atomic E-state index is 0.176. The molecule has 0 radical (unpaired) electrons. The summed E-state index contributed by atoms with van der Waals surface area (Å²) in [6.07, 6.45) is -2.24. The van der Waals surface area contributed by atoms with E-state index in [1.54, 1.807) is 6.92 Å². The quantitative estimate of drug-likeness (QED) is 0.316. The molecule has 2 rings (SSSR count). The Balaban J connectivity index is 2.45. The molecular formula is C18H31N2O9P. The molecule has 1 saturated heterocycles. The Kier molecular flexibility index (Phi) is 8.20. The molecule has 1 unspecified atom stereocenters. The molecule has 0 bridgehead atoms. The topological polar surface area (TPSA) is 149 Å². The molecule has 2 heterocycles. The van der Waals surface area contributed by atoms with Crippen LogP contribution in [0.15, 0.2) is 15.8 Å². The Hall–Kier alpha value is -1.33. The number of aryl methyl sites for hydroxylation is 1. The van der Waals surface area contributed by atoms with Gasteiger partial charge in [-0.3, -0.25) is 14.3 Å². The molecule has 11 nitrogen and oxygen atoms in total. The molecule has 30 heavy (non-hydrogen) atoms. The van der Waals surface area contributed by atoms with Gasteiger partial charge >= 0.3 is 5.69 Å². The maximum absolute atomic E-state index is 12.6. The van der Waals surface area contributed by atoms with E-state index in [0.717, 1.165) is 0 Å². The lowest BCUT2D eigenvalue weighted by atomic mass is 10.0. The Morgan fingerprint density at radius 3 is 2.47 bits per heavy atom. The first-order valence-electron chi connectivity index (χ1n) is 9.48. The van der Waals surface area contributed by atoms with Gasteiger partial charge in [0.2, 0.25) is 0 Å². The monoisotopic (exact) mass is 450 g/mol. The van der Waals surface area contributed by atoms with E-state index in [2.05, 4.69) is 4.98 Å². The van der Waals surface area contributed by atoms with Gasteiger partial charge in [-0.2, -0.15) is 0 Å². The van der Waals surface area contributed by atoms with Crippen LogP contribution in [0, 0.1) is 6.92 Å². The first kappa shape index (κ1) is 24.9. The van der Waals surface area contributed by atoms with Gasteiger partial charge in [0.1, 0.15) is 24.7 Å². The van der Waals surface area contributed by atoms with E-state index < -0.39 is 54.9 Å². The van der Waals surface area contributed by atoms with Crippen LogP contribution in [-0.4, -0.2) is 90.8 Å². The first-order valence-corrected chi connectivity index (χ1v) is 12.1. The van der Waals surface area contributed by atoms with Gasteiger partial charge in [-0.05, 0) is 20.3 Å². The van der Waals surface area contributed by atoms with Gasteiger partial charge in [-0.1, -0.05) is 0 Å². The molecule has 0 aliphatic carbocycles. The molecule has 1 aromatic heterocycles. The fourth-order valence-corrected chi connectivity index (χ4v) is 4.34. The maximum Gasteiger partial charge on any atom is 0.330 e. The third-order valence-electron chi connectivity index (χ3n) is 5.36. The highest BCUT2D eigenvalue weighted by Crippen LogP contribution is 2.53. The van der Waals surface area contributed by atoms with Crippen LogP contribution in [0.2, 0.25) is 0 Å². The predicted octanol–water partition coefficient (Wildman–Crippen LogP) is -0.517. The van der Waals surface area contributed by atoms with Crippen molar-refractivity contribution in [2.75, 3.05) is 47.4 Å². The first-order chi connectivity index (χ1) is 14.0. The summed E-state index contributed by atoms with van der Waals surface area (Å²) in [6, 6.07) is 0. The standard InChI is InChI=1S/C18H31N2O9P/c1-11-9-20(17(23)19-15(11)22)16-14(28-7-6-26-2)13(27-3)12(29-16)8-18(24,10-21)30(4,5)25/h9,12-14,16,21,24H,6-8,10H2,1-5H3,(H,19,22,23)/t12-,13-,14-,16-,18?/m1/s1. The molecule has 0 spiro atoms. The van der Waals surface area contributed by atoms with Crippen molar-refractivity contribution in [3.8, 4) is 0 Å². The fourth-order valence-electron chi connectivity index (χ4n) is 3.38. The van der Waals surface area contributed by atoms with Crippen LogP contribution in [0.25, 0.3) is 0 Å². The van der Waals surface area contributed by atoms with Crippen molar-refractivity contribution in [3.63, 3.8) is 0 Å². The third-order valence-corrected chi connectivity index (χ3v) is 7.69. The second-order valence-corrected chi connectivity index (χ2v) is 11.3. The average Bonchev–Trinajstić information content (AvgIpc) is 3.00. The van der Waals surface area contributed by atoms with Gasteiger partial charge < -0.3 is 33.7 Å². The van der Waals surface area contributed by atoms with Gasteiger partial charge in [-0.15, -0.1) is 0 Å². The van der Waals surface area contributed by atoms with E-state index in [4.69, 9.17) is 18.9 Å². The Morgan fingerprint density at radius 1 is 1.27 bits per heavy atom. The highest BCUT2D eigenvalue weighted by atomic mass is 31.2. The number of ether oxygens (including phenoxy) is 4. The van der Waals surface area contributed by atoms with Gasteiger partial charge in [0.15, 0.2) is 6.23 Å². The molecule has 1 aliphatic rings. The lowest BCUT2D eigenvalue weighted by Gasteiger charge is -2.33. The zero-order chi connectivity index (χ0) is 22.7. The van der Waals surface area contributed by atoms with Crippen LogP contribution in [-0.2, 0) is 23.5 Å². The van der Waals surface area contributed by atoms with Crippen LogP contribution in [0.1, 0.15) is 18.2 Å². The minimum atomic E-state index is -3.15. The van der Waals surface area contributed by atoms with E-state index in [0.29, 0.717) is 5.56 Å². The summed E-state index contributed by atoms with van der Waals surface area (Å²) in [7, 11) is -0.209. The van der Waals surface area contributed by atoms with Gasteiger partial charge in [0.05, 0.1) is 25.9 Å². The number of aromatic nitrogens is 2. The maximum atomic E-state index is 12.6. The average molecular weight is 450 g/mol. The smallest absolute Gasteiger partial charge is 0.330 e. The van der Waals surface area contributed by atoms with E-state index in [1.165, 1.54) is 38.3 Å². The van der Waals surface area contributed by atoms with Crippen molar-refractivity contribution >= 4 is 7.14 Å². The summed E-state index contributed by atoms with van der Waals surface area (Å²) in [5.74, 6) is 0. The SMILES string of the molecule is COCCO[C@@H]1[C@H](OC)[C@@H](CC(O)(CO)P(C)(C)=O)O[C@H]1n1cc(C)c(=O)[nH]c1=O. The molecule has 12 heteroatoms. The van der Waals surface area contributed by atoms with Crippen LogP contribution in [0.5, 0.6) is 0 Å². The zero-order valence-electron chi connectivity index (χ0n) is 17.9. The molecule has 1 aliphatic heterocycles. The summed E-state index contributed by atoms with van der Waals surface area (Å²) in [6.45, 7) is 4.02. The molecular weight excluding hydrogens is 419 g/mol. The molecule has 1 aromatic rings. The number of nitrogens with zero attached hydrogens (tertiary/aromatic N) is 1. The lowest BCUT2D eigenvalue weighted by Crippen LogP contribution is -2.43. The Bertz CT molecular complexity index is 879. The molecule has 3 N–H and O–H groups in total. The van der Waals surface area contributed by atoms with Crippen molar-refractivity contribution in [1.82, 2.24) is 9.55 Å². The van der Waals surface area contributed by atoms with Crippen LogP contribution in [0.4, 0.5) is 0 Å². The lowest BCUT2D eigenvalue weighted by molar-refractivity contribution is -0.0856. The van der Waals surface area contributed by atoms with Crippen LogP contribution in [0.3, 0.4) is 0 Å². The Labute approximate surface area is 174 Å². The van der Waals surface area contributed by atoms with Crippen molar-refractivity contribution in [3.05, 3.63) is 32.6 Å². The largest absolute Gasteiger partial charge is 0.393 e. The predicted molar refractivity (Wildman–Crippen MR) is 108 cm³/mol. The van der Waals surface area contributed by atoms with E-state index >= 15 is 0 Å². The molecule has 172 valence electrons. The van der Waals surface area contributed by atoms with Gasteiger partial charge in [0, 0.05) is 32.4 Å². The summed E-state index contributed by atoms with van der Waals surface area (Å²) in [4.78, 5) is 26.4. The number of hydrogen-bond acceptors (Lipinski definition) is 9. The molecule has 0 amide bonds. The number of H-pyrrole nitrogens is 1.